The topological polar surface area (TPSA) is 3.24 Å². The Morgan fingerprint density at radius 2 is 0.820 bits per heavy atom. The fraction of sp³-hybridized carbons (Fsp3) is 0.200. The molecular weight excluding hydrogens is 735 g/mol. The van der Waals surface area contributed by atoms with E-state index in [2.05, 4.69) is 222 Å². The molecule has 0 aliphatic heterocycles. The smallest absolute Gasteiger partial charge is 0.0726 e. The molecule has 0 radical (unpaired) electrons. The average molecular weight is 786 g/mol. The Labute approximate surface area is 361 Å². The van der Waals surface area contributed by atoms with Crippen molar-refractivity contribution >= 4 is 17.1 Å². The molecule has 1 spiro atoms. The van der Waals surface area contributed by atoms with Crippen LogP contribution in [0.1, 0.15) is 98.9 Å². The van der Waals surface area contributed by atoms with E-state index in [1.807, 2.05) is 0 Å². The zero-order valence-electron chi connectivity index (χ0n) is 36.1. The van der Waals surface area contributed by atoms with Crippen LogP contribution in [0, 0.1) is 0 Å². The molecule has 0 atom stereocenters. The molecule has 8 aromatic rings. The second-order valence-corrected chi connectivity index (χ2v) is 19.9. The Hall–Kier alpha value is -6.44. The van der Waals surface area contributed by atoms with Crippen molar-refractivity contribution < 1.29 is 0 Å². The number of para-hydroxylation sites is 1. The molecule has 0 unspecified atom stereocenters. The summed E-state index contributed by atoms with van der Waals surface area (Å²) in [4.78, 5) is 2.58. The maximum absolute atomic E-state index is 2.58. The molecule has 1 nitrogen and oxygen atoms in total. The first-order chi connectivity index (χ1) is 29.5. The van der Waals surface area contributed by atoms with Crippen molar-refractivity contribution in [2.24, 2.45) is 0 Å². The molecule has 0 heterocycles. The zero-order chi connectivity index (χ0) is 41.5. The number of anilines is 3. The molecule has 0 saturated carbocycles. The predicted octanol–water partition coefficient (Wildman–Crippen LogP) is 15.8. The molecule has 0 saturated heterocycles. The van der Waals surface area contributed by atoms with Crippen LogP contribution in [-0.2, 0) is 21.7 Å². The second-order valence-electron chi connectivity index (χ2n) is 19.9. The molecule has 4 aliphatic rings. The fourth-order valence-corrected chi connectivity index (χ4v) is 12.3. The van der Waals surface area contributed by atoms with Gasteiger partial charge >= 0.3 is 0 Å². The highest BCUT2D eigenvalue weighted by atomic mass is 15.1. The molecule has 4 aliphatic carbocycles. The largest absolute Gasteiger partial charge is 0.310 e. The van der Waals surface area contributed by atoms with E-state index in [-0.39, 0.29) is 16.2 Å². The predicted molar refractivity (Wildman–Crippen MR) is 256 cm³/mol. The minimum Gasteiger partial charge on any atom is -0.310 e. The average Bonchev–Trinajstić information content (AvgIpc) is 3.83. The van der Waals surface area contributed by atoms with Crippen molar-refractivity contribution in [2.75, 3.05) is 4.90 Å². The van der Waals surface area contributed by atoms with Gasteiger partial charge in [-0.1, -0.05) is 181 Å². The minimum atomic E-state index is -0.435. The first-order valence-corrected chi connectivity index (χ1v) is 22.2. The van der Waals surface area contributed by atoms with Crippen molar-refractivity contribution in [3.63, 3.8) is 0 Å². The highest BCUT2D eigenvalue weighted by molar-refractivity contribution is 5.99. The molecule has 0 amide bonds. The molecule has 0 N–H and O–H groups in total. The van der Waals surface area contributed by atoms with Gasteiger partial charge in [-0.15, -0.1) is 0 Å². The minimum absolute atomic E-state index is 0.0153. The molecule has 0 fully saturated rings. The summed E-state index contributed by atoms with van der Waals surface area (Å²) >= 11 is 0. The van der Waals surface area contributed by atoms with Crippen LogP contribution in [0.5, 0.6) is 0 Å². The Bertz CT molecular complexity index is 3060. The van der Waals surface area contributed by atoms with Crippen molar-refractivity contribution in [3.05, 3.63) is 220 Å². The summed E-state index contributed by atoms with van der Waals surface area (Å²) < 4.78 is 0. The van der Waals surface area contributed by atoms with E-state index >= 15 is 0 Å². The van der Waals surface area contributed by atoms with Crippen LogP contribution in [0.3, 0.4) is 0 Å². The van der Waals surface area contributed by atoms with Crippen molar-refractivity contribution in [3.8, 4) is 44.5 Å². The van der Waals surface area contributed by atoms with Gasteiger partial charge < -0.3 is 4.90 Å². The Balaban J connectivity index is 1.18. The molecule has 296 valence electrons. The summed E-state index contributed by atoms with van der Waals surface area (Å²) in [7, 11) is 0. The lowest BCUT2D eigenvalue weighted by Gasteiger charge is -2.43. The van der Waals surface area contributed by atoms with Crippen LogP contribution >= 0.6 is 0 Å². The third-order valence-corrected chi connectivity index (χ3v) is 15.3. The van der Waals surface area contributed by atoms with Gasteiger partial charge in [0.15, 0.2) is 0 Å². The van der Waals surface area contributed by atoms with Crippen molar-refractivity contribution in [1.29, 1.82) is 0 Å². The van der Waals surface area contributed by atoms with Gasteiger partial charge in [0.05, 0.1) is 11.1 Å². The van der Waals surface area contributed by atoms with Crippen LogP contribution < -0.4 is 4.90 Å². The third kappa shape index (κ3) is 4.84. The molecule has 61 heavy (non-hydrogen) atoms. The lowest BCUT2D eigenvalue weighted by molar-refractivity contribution is 0.333. The van der Waals surface area contributed by atoms with Crippen LogP contribution in [0.2, 0.25) is 0 Å². The summed E-state index contributed by atoms with van der Waals surface area (Å²) in [5.74, 6) is 0. The van der Waals surface area contributed by atoms with E-state index in [0.717, 1.165) is 17.8 Å². The van der Waals surface area contributed by atoms with Gasteiger partial charge in [-0.2, -0.15) is 0 Å². The van der Waals surface area contributed by atoms with Gasteiger partial charge in [0.25, 0.3) is 0 Å². The van der Waals surface area contributed by atoms with E-state index in [9.17, 15) is 0 Å². The number of hydrogen-bond donors (Lipinski definition) is 0. The summed E-state index contributed by atoms with van der Waals surface area (Å²) in [5.41, 5.74) is 24.8. The maximum Gasteiger partial charge on any atom is 0.0726 e. The van der Waals surface area contributed by atoms with Crippen LogP contribution in [0.15, 0.2) is 176 Å². The van der Waals surface area contributed by atoms with Gasteiger partial charge in [0.1, 0.15) is 0 Å². The number of fused-ring (bicyclic) bond motifs is 14. The van der Waals surface area contributed by atoms with Crippen LogP contribution in [0.25, 0.3) is 44.5 Å². The summed E-state index contributed by atoms with van der Waals surface area (Å²) in [6, 6.07) is 67.3. The Kier molecular flexibility index (Phi) is 7.49. The normalized spacial score (nSPS) is 17.1. The van der Waals surface area contributed by atoms with Gasteiger partial charge in [0, 0.05) is 22.4 Å². The standard InChI is InChI=1S/C60H51N/c1-57(2)33-34-58(3,4)56-45(25-18-30-52(56)57)47-36-46-43-24-10-14-26-48(43)59(5,6)53(46)37-55(47)61(38-19-8-7-9-20-38)39-31-32-44-42-23-13-17-29-51(42)60(54(44)35-39)49-27-15-11-21-40(49)41-22-12-16-28-50(41)60/h7-32,35-37H,33-34H2,1-6H3. The Morgan fingerprint density at radius 3 is 1.44 bits per heavy atom. The quantitative estimate of drug-likeness (QED) is 0.172. The molecule has 12 rings (SSSR count). The van der Waals surface area contributed by atoms with E-state index in [1.165, 1.54) is 101 Å². The van der Waals surface area contributed by atoms with Gasteiger partial charge in [-0.3, -0.25) is 0 Å². The summed E-state index contributed by atoms with van der Waals surface area (Å²) in [5, 5.41) is 0. The highest BCUT2D eigenvalue weighted by Gasteiger charge is 2.52. The maximum atomic E-state index is 2.58. The Morgan fingerprint density at radius 1 is 0.328 bits per heavy atom. The van der Waals surface area contributed by atoms with Gasteiger partial charge in [-0.05, 0) is 144 Å². The number of hydrogen-bond acceptors (Lipinski definition) is 1. The monoisotopic (exact) mass is 785 g/mol. The zero-order valence-corrected chi connectivity index (χ0v) is 36.1. The first-order valence-electron chi connectivity index (χ1n) is 22.2. The first kappa shape index (κ1) is 36.4. The highest BCUT2D eigenvalue weighted by Crippen LogP contribution is 2.64. The number of rotatable bonds is 4. The van der Waals surface area contributed by atoms with Gasteiger partial charge in [-0.25, -0.2) is 0 Å². The number of nitrogens with zero attached hydrogens (tertiary/aromatic N) is 1. The van der Waals surface area contributed by atoms with E-state index in [1.54, 1.807) is 0 Å². The summed E-state index contributed by atoms with van der Waals surface area (Å²) in [6.07, 6.45) is 2.33. The number of benzene rings is 8. The molecule has 0 aromatic heterocycles. The van der Waals surface area contributed by atoms with Crippen LogP contribution in [-0.4, -0.2) is 0 Å². The van der Waals surface area contributed by atoms with E-state index in [4.69, 9.17) is 0 Å². The van der Waals surface area contributed by atoms with Crippen molar-refractivity contribution in [1.82, 2.24) is 0 Å². The molecule has 0 bridgehead atoms. The lowest BCUT2D eigenvalue weighted by atomic mass is 9.61. The molecule has 1 heteroatoms. The third-order valence-electron chi connectivity index (χ3n) is 15.3. The summed E-state index contributed by atoms with van der Waals surface area (Å²) in [6.45, 7) is 14.7. The SMILES string of the molecule is CC1(C)CCC(C)(C)c2c(-c3cc4c(cc3N(c3ccccc3)c3ccc5c(c3)C3(c6ccccc6-c6ccccc63)c3ccccc3-5)C(C)(C)c3ccccc3-4)cccc21. The van der Waals surface area contributed by atoms with Gasteiger partial charge in [0.2, 0.25) is 0 Å². The lowest BCUT2D eigenvalue weighted by Crippen LogP contribution is -2.34. The van der Waals surface area contributed by atoms with Crippen molar-refractivity contribution in [2.45, 2.75) is 76.0 Å². The molecular formula is C60H51N. The van der Waals surface area contributed by atoms with E-state index < -0.39 is 5.41 Å². The molecule has 8 aromatic carbocycles. The fourth-order valence-electron chi connectivity index (χ4n) is 12.3. The van der Waals surface area contributed by atoms with Crippen LogP contribution in [0.4, 0.5) is 17.1 Å². The second kappa shape index (κ2) is 12.6. The van der Waals surface area contributed by atoms with E-state index in [0.29, 0.717) is 0 Å².